The quantitative estimate of drug-likeness (QED) is 0.751. The molecule has 1 saturated heterocycles. The Kier molecular flexibility index (Phi) is 4.37. The van der Waals surface area contributed by atoms with E-state index in [9.17, 15) is 4.79 Å². The van der Waals surface area contributed by atoms with Gasteiger partial charge in [0.05, 0.1) is 13.2 Å². The van der Waals surface area contributed by atoms with Crippen LogP contribution in [-0.2, 0) is 4.74 Å². The number of carbonyl (C=O) groups is 1. The van der Waals surface area contributed by atoms with Gasteiger partial charge in [0.1, 0.15) is 5.75 Å². The van der Waals surface area contributed by atoms with E-state index >= 15 is 0 Å². The van der Waals surface area contributed by atoms with Crippen molar-refractivity contribution in [1.82, 2.24) is 0 Å². The lowest BCUT2D eigenvalue weighted by atomic mass is 10.0. The number of benzene rings is 1. The van der Waals surface area contributed by atoms with Crippen molar-refractivity contribution >= 4 is 5.78 Å². The van der Waals surface area contributed by atoms with Crippen molar-refractivity contribution in [3.05, 3.63) is 29.3 Å². The van der Waals surface area contributed by atoms with Crippen molar-refractivity contribution in [1.29, 1.82) is 0 Å². The highest BCUT2D eigenvalue weighted by atomic mass is 16.5. The first-order valence-electron chi connectivity index (χ1n) is 6.50. The lowest BCUT2D eigenvalue weighted by Gasteiger charge is -2.09. The van der Waals surface area contributed by atoms with Gasteiger partial charge in [-0.3, -0.25) is 4.79 Å². The number of hydrogen-bond acceptors (Lipinski definition) is 3. The van der Waals surface area contributed by atoms with Gasteiger partial charge < -0.3 is 9.47 Å². The summed E-state index contributed by atoms with van der Waals surface area (Å²) in [6.45, 7) is 2.80. The first-order valence-corrected chi connectivity index (χ1v) is 6.50. The number of carbonyl (C=O) groups excluding carboxylic acids is 1. The van der Waals surface area contributed by atoms with Crippen LogP contribution in [0.15, 0.2) is 18.2 Å². The van der Waals surface area contributed by atoms with Crippen molar-refractivity contribution in [2.24, 2.45) is 0 Å². The van der Waals surface area contributed by atoms with Gasteiger partial charge in [-0.2, -0.15) is 0 Å². The van der Waals surface area contributed by atoms with E-state index < -0.39 is 0 Å². The van der Waals surface area contributed by atoms with Crippen LogP contribution in [0.4, 0.5) is 0 Å². The van der Waals surface area contributed by atoms with Gasteiger partial charge in [0.15, 0.2) is 5.78 Å². The van der Waals surface area contributed by atoms with E-state index in [2.05, 4.69) is 0 Å². The summed E-state index contributed by atoms with van der Waals surface area (Å²) >= 11 is 0. The summed E-state index contributed by atoms with van der Waals surface area (Å²) in [5.41, 5.74) is 1.77. The van der Waals surface area contributed by atoms with Gasteiger partial charge >= 0.3 is 0 Å². The average Bonchev–Trinajstić information content (AvgIpc) is 2.89. The number of aryl methyl sites for hydroxylation is 1. The molecule has 3 heteroatoms. The molecular weight excluding hydrogens is 228 g/mol. The molecule has 1 aliphatic rings. The smallest absolute Gasteiger partial charge is 0.162 e. The summed E-state index contributed by atoms with van der Waals surface area (Å²) < 4.78 is 10.7. The van der Waals surface area contributed by atoms with E-state index in [1.54, 1.807) is 7.11 Å². The second-order valence-corrected chi connectivity index (χ2v) is 4.78. The second kappa shape index (κ2) is 6.01. The van der Waals surface area contributed by atoms with Crippen LogP contribution in [0.3, 0.4) is 0 Å². The van der Waals surface area contributed by atoms with Crippen LogP contribution >= 0.6 is 0 Å². The molecule has 1 heterocycles. The van der Waals surface area contributed by atoms with Gasteiger partial charge in [0.2, 0.25) is 0 Å². The normalized spacial score (nSPS) is 18.9. The molecule has 0 radical (unpaired) electrons. The third-order valence-corrected chi connectivity index (χ3v) is 3.43. The Labute approximate surface area is 108 Å². The Morgan fingerprint density at radius 3 is 2.94 bits per heavy atom. The van der Waals surface area contributed by atoms with Gasteiger partial charge in [-0.1, -0.05) is 0 Å². The molecular formula is C15H20O3. The largest absolute Gasteiger partial charge is 0.496 e. The van der Waals surface area contributed by atoms with Crippen LogP contribution in [-0.4, -0.2) is 25.6 Å². The zero-order valence-electron chi connectivity index (χ0n) is 11.1. The van der Waals surface area contributed by atoms with Gasteiger partial charge in [0.25, 0.3) is 0 Å². The van der Waals surface area contributed by atoms with E-state index in [0.29, 0.717) is 6.42 Å². The number of rotatable bonds is 5. The molecule has 2 rings (SSSR count). The van der Waals surface area contributed by atoms with Crippen LogP contribution in [0.2, 0.25) is 0 Å². The minimum atomic E-state index is 0.191. The number of hydrogen-bond donors (Lipinski definition) is 0. The summed E-state index contributed by atoms with van der Waals surface area (Å²) in [6, 6.07) is 5.59. The Hall–Kier alpha value is -1.35. The van der Waals surface area contributed by atoms with E-state index in [0.717, 1.165) is 42.7 Å². The zero-order valence-corrected chi connectivity index (χ0v) is 11.1. The Bertz CT molecular complexity index is 420. The molecule has 0 saturated carbocycles. The predicted octanol–water partition coefficient (Wildman–Crippen LogP) is 3.15. The van der Waals surface area contributed by atoms with Crippen LogP contribution in [0.5, 0.6) is 5.75 Å². The Morgan fingerprint density at radius 1 is 1.50 bits per heavy atom. The molecule has 0 N–H and O–H groups in total. The van der Waals surface area contributed by atoms with E-state index in [-0.39, 0.29) is 11.9 Å². The fraction of sp³-hybridized carbons (Fsp3) is 0.533. The fourth-order valence-corrected chi connectivity index (χ4v) is 2.36. The topological polar surface area (TPSA) is 35.5 Å². The summed E-state index contributed by atoms with van der Waals surface area (Å²) in [6.07, 6.45) is 3.91. The van der Waals surface area contributed by atoms with Crippen LogP contribution in [0, 0.1) is 6.92 Å². The number of Topliss-reactive ketones (excluding diaryl/α,β-unsaturated/α-hetero) is 1. The monoisotopic (exact) mass is 248 g/mol. The molecule has 0 aromatic heterocycles. The maximum absolute atomic E-state index is 12.1. The molecule has 1 fully saturated rings. The van der Waals surface area contributed by atoms with Crippen molar-refractivity contribution in [2.75, 3.05) is 13.7 Å². The molecule has 1 aromatic carbocycles. The highest BCUT2D eigenvalue weighted by molar-refractivity contribution is 5.96. The van der Waals surface area contributed by atoms with Crippen molar-refractivity contribution in [3.8, 4) is 5.75 Å². The highest BCUT2D eigenvalue weighted by Gasteiger charge is 2.17. The van der Waals surface area contributed by atoms with Crippen molar-refractivity contribution < 1.29 is 14.3 Å². The van der Waals surface area contributed by atoms with Crippen LogP contribution in [0.25, 0.3) is 0 Å². The van der Waals surface area contributed by atoms with Gasteiger partial charge in [0, 0.05) is 18.6 Å². The molecule has 98 valence electrons. The predicted molar refractivity (Wildman–Crippen MR) is 70.3 cm³/mol. The maximum Gasteiger partial charge on any atom is 0.162 e. The number of methoxy groups -OCH3 is 1. The zero-order chi connectivity index (χ0) is 13.0. The molecule has 1 aliphatic heterocycles. The summed E-state index contributed by atoms with van der Waals surface area (Å²) in [4.78, 5) is 12.1. The molecule has 1 aromatic rings. The van der Waals surface area contributed by atoms with Gasteiger partial charge in [-0.15, -0.1) is 0 Å². The third kappa shape index (κ3) is 3.10. The Balaban J connectivity index is 1.93. The summed E-state index contributed by atoms with van der Waals surface area (Å²) in [7, 11) is 1.64. The fourth-order valence-electron chi connectivity index (χ4n) is 2.36. The highest BCUT2D eigenvalue weighted by Crippen LogP contribution is 2.21. The average molecular weight is 248 g/mol. The molecule has 0 aliphatic carbocycles. The first kappa shape index (κ1) is 13.1. The molecule has 0 bridgehead atoms. The van der Waals surface area contributed by atoms with E-state index in [4.69, 9.17) is 9.47 Å². The Morgan fingerprint density at radius 2 is 2.33 bits per heavy atom. The molecule has 18 heavy (non-hydrogen) atoms. The molecule has 0 amide bonds. The standard InChI is InChI=1S/C15H20O3/c1-11-10-12(5-8-15(11)17-2)14(16)7-6-13-4-3-9-18-13/h5,8,10,13H,3-4,6-7,9H2,1-2H3. The van der Waals surface area contributed by atoms with Crippen molar-refractivity contribution in [3.63, 3.8) is 0 Å². The molecule has 0 spiro atoms. The third-order valence-electron chi connectivity index (χ3n) is 3.43. The van der Waals surface area contributed by atoms with E-state index in [1.807, 2.05) is 25.1 Å². The van der Waals surface area contributed by atoms with Crippen LogP contribution < -0.4 is 4.74 Å². The van der Waals surface area contributed by atoms with E-state index in [1.165, 1.54) is 0 Å². The first-order chi connectivity index (χ1) is 8.70. The summed E-state index contributed by atoms with van der Waals surface area (Å²) in [5.74, 6) is 1.02. The molecule has 1 unspecified atom stereocenters. The SMILES string of the molecule is COc1ccc(C(=O)CCC2CCCO2)cc1C. The maximum atomic E-state index is 12.1. The number of ketones is 1. The van der Waals surface area contributed by atoms with Gasteiger partial charge in [-0.25, -0.2) is 0 Å². The van der Waals surface area contributed by atoms with Crippen molar-refractivity contribution in [2.45, 2.75) is 38.7 Å². The minimum Gasteiger partial charge on any atom is -0.496 e. The lowest BCUT2D eigenvalue weighted by molar-refractivity contribution is 0.0859. The molecule has 3 nitrogen and oxygen atoms in total. The van der Waals surface area contributed by atoms with Gasteiger partial charge in [-0.05, 0) is 49.9 Å². The lowest BCUT2D eigenvalue weighted by Crippen LogP contribution is -2.09. The second-order valence-electron chi connectivity index (χ2n) is 4.78. The summed E-state index contributed by atoms with van der Waals surface area (Å²) in [5, 5.41) is 0. The van der Waals surface area contributed by atoms with Crippen LogP contribution in [0.1, 0.15) is 41.6 Å². The number of ether oxygens (including phenoxy) is 2. The molecule has 1 atom stereocenters. The minimum absolute atomic E-state index is 0.191.